The predicted molar refractivity (Wildman–Crippen MR) is 117 cm³/mol. The maximum atomic E-state index is 13.3. The van der Waals surface area contributed by atoms with Crippen molar-refractivity contribution in [3.63, 3.8) is 0 Å². The summed E-state index contributed by atoms with van der Waals surface area (Å²) in [6, 6.07) is -0.481. The highest BCUT2D eigenvalue weighted by molar-refractivity contribution is 6.03. The van der Waals surface area contributed by atoms with Crippen LogP contribution in [0, 0.1) is 12.8 Å². The van der Waals surface area contributed by atoms with Crippen molar-refractivity contribution in [1.82, 2.24) is 20.2 Å². The number of fused-ring (bicyclic) bond motifs is 1. The molecule has 1 aromatic rings. The van der Waals surface area contributed by atoms with Gasteiger partial charge in [-0.15, -0.1) is 0 Å². The minimum atomic E-state index is -2.67. The lowest BCUT2D eigenvalue weighted by Gasteiger charge is -2.39. The molecule has 176 valence electrons. The van der Waals surface area contributed by atoms with Gasteiger partial charge < -0.3 is 25.8 Å². The molecule has 1 aromatic heterocycles. The average Bonchev–Trinajstić information content (AvgIpc) is 2.67. The molecule has 4 rings (SSSR count). The fourth-order valence-electron chi connectivity index (χ4n) is 4.62. The van der Waals surface area contributed by atoms with Crippen LogP contribution < -0.4 is 20.9 Å². The molecule has 3 amide bonds. The molecular formula is C21H31F2N7O2. The van der Waals surface area contributed by atoms with Crippen LogP contribution in [0.25, 0.3) is 0 Å². The van der Waals surface area contributed by atoms with Crippen LogP contribution in [0.1, 0.15) is 45.2 Å². The number of urea groups is 1. The first-order valence-electron chi connectivity index (χ1n) is 11.2. The number of amides is 3. The molecule has 0 bridgehead atoms. The number of carbonyl (C=O) groups excluding carboxylic acids is 2. The zero-order valence-electron chi connectivity index (χ0n) is 18.9. The van der Waals surface area contributed by atoms with Gasteiger partial charge in [-0.25, -0.2) is 18.6 Å². The zero-order valence-corrected chi connectivity index (χ0v) is 18.9. The second-order valence-corrected chi connectivity index (χ2v) is 9.42. The van der Waals surface area contributed by atoms with Gasteiger partial charge in [-0.3, -0.25) is 4.79 Å². The molecule has 3 N–H and O–H groups in total. The number of likely N-dealkylation sites (N-methyl/N-ethyl adjacent to an activating group) is 1. The van der Waals surface area contributed by atoms with Crippen LogP contribution in [0.4, 0.5) is 31.0 Å². The summed E-state index contributed by atoms with van der Waals surface area (Å²) in [4.78, 5) is 37.3. The lowest BCUT2D eigenvalue weighted by atomic mass is 9.87. The summed E-state index contributed by atoms with van der Waals surface area (Å²) >= 11 is 0. The Morgan fingerprint density at radius 2 is 1.84 bits per heavy atom. The molecule has 0 radical (unpaired) electrons. The summed E-state index contributed by atoms with van der Waals surface area (Å²) in [5.41, 5.74) is 1.32. The van der Waals surface area contributed by atoms with Crippen molar-refractivity contribution in [2.45, 2.75) is 70.5 Å². The van der Waals surface area contributed by atoms with Gasteiger partial charge in [0.15, 0.2) is 5.82 Å². The van der Waals surface area contributed by atoms with Crippen molar-refractivity contribution in [2.24, 2.45) is 5.92 Å². The molecule has 32 heavy (non-hydrogen) atoms. The molecule has 0 aromatic carbocycles. The van der Waals surface area contributed by atoms with E-state index in [1.807, 2.05) is 32.7 Å². The van der Waals surface area contributed by atoms with Crippen LogP contribution in [-0.4, -0.2) is 71.0 Å². The van der Waals surface area contributed by atoms with Crippen molar-refractivity contribution >= 4 is 29.4 Å². The Hall–Kier alpha value is -2.72. The third kappa shape index (κ3) is 4.42. The topological polar surface area (TPSA) is 102 Å². The number of likely N-dealkylation sites (tertiary alicyclic amines) is 1. The molecule has 0 spiro atoms. The number of hydrogen-bond acceptors (Lipinski definition) is 6. The van der Waals surface area contributed by atoms with Crippen LogP contribution in [0.15, 0.2) is 0 Å². The number of alkyl halides is 2. The highest BCUT2D eigenvalue weighted by atomic mass is 19.3. The van der Waals surface area contributed by atoms with Crippen LogP contribution in [0.2, 0.25) is 0 Å². The van der Waals surface area contributed by atoms with Crippen LogP contribution in [0.5, 0.6) is 0 Å². The Morgan fingerprint density at radius 1 is 1.19 bits per heavy atom. The van der Waals surface area contributed by atoms with Gasteiger partial charge in [0.25, 0.3) is 5.92 Å². The second-order valence-electron chi connectivity index (χ2n) is 9.42. The van der Waals surface area contributed by atoms with Gasteiger partial charge in [0.05, 0.1) is 5.69 Å². The first-order chi connectivity index (χ1) is 15.0. The minimum absolute atomic E-state index is 0.00607. The number of nitrogens with one attached hydrogen (secondary N) is 3. The Bertz CT molecular complexity index is 894. The van der Waals surface area contributed by atoms with Crippen molar-refractivity contribution < 1.29 is 18.4 Å². The minimum Gasteiger partial charge on any atom is -0.351 e. The summed E-state index contributed by atoms with van der Waals surface area (Å²) in [7, 11) is 1.86. The zero-order chi connectivity index (χ0) is 23.2. The van der Waals surface area contributed by atoms with Crippen LogP contribution in [0.3, 0.4) is 0 Å². The predicted octanol–water partition coefficient (Wildman–Crippen LogP) is 2.58. The molecule has 2 fully saturated rings. The fourth-order valence-corrected chi connectivity index (χ4v) is 4.62. The molecule has 1 saturated heterocycles. The average molecular weight is 452 g/mol. The van der Waals surface area contributed by atoms with E-state index in [2.05, 4.69) is 25.9 Å². The number of nitrogens with zero attached hydrogens (tertiary/aromatic N) is 4. The lowest BCUT2D eigenvalue weighted by Crippen LogP contribution is -2.55. The van der Waals surface area contributed by atoms with E-state index in [1.165, 1.54) is 4.90 Å². The Labute approximate surface area is 186 Å². The number of rotatable bonds is 4. The van der Waals surface area contributed by atoms with Crippen molar-refractivity contribution in [2.75, 3.05) is 35.7 Å². The monoisotopic (exact) mass is 451 g/mol. The van der Waals surface area contributed by atoms with Gasteiger partial charge in [-0.2, -0.15) is 4.98 Å². The Balaban J connectivity index is 1.32. The van der Waals surface area contributed by atoms with E-state index in [0.717, 1.165) is 0 Å². The quantitative estimate of drug-likeness (QED) is 0.650. The molecule has 3 heterocycles. The number of aryl methyl sites for hydroxylation is 1. The fraction of sp³-hybridized carbons (Fsp3) is 0.714. The molecule has 11 heteroatoms. The number of piperidine rings is 1. The molecule has 2 aliphatic heterocycles. The van der Waals surface area contributed by atoms with Gasteiger partial charge >= 0.3 is 6.03 Å². The van der Waals surface area contributed by atoms with Gasteiger partial charge in [-0.1, -0.05) is 13.8 Å². The van der Waals surface area contributed by atoms with Gasteiger partial charge in [0.1, 0.15) is 11.7 Å². The first-order valence-corrected chi connectivity index (χ1v) is 11.2. The van der Waals surface area contributed by atoms with Gasteiger partial charge in [-0.05, 0) is 25.7 Å². The Morgan fingerprint density at radius 3 is 2.47 bits per heavy atom. The number of aromatic nitrogens is 2. The van der Waals surface area contributed by atoms with Crippen LogP contribution >= 0.6 is 0 Å². The number of carbonyl (C=O) groups is 2. The second kappa shape index (κ2) is 8.32. The molecule has 1 unspecified atom stereocenters. The number of hydrogen-bond donors (Lipinski definition) is 3. The SMILES string of the molecule is Cc1nc(N[C@H]2C[C@@H](NC(=O)N3CCC(F)(F)CC3)C2)nc2c1NC(=O)C(C(C)C)N2C. The smallest absolute Gasteiger partial charge is 0.317 e. The molecule has 1 atom stereocenters. The summed E-state index contributed by atoms with van der Waals surface area (Å²) in [6.07, 6.45) is 0.848. The number of halogens is 2. The lowest BCUT2D eigenvalue weighted by molar-refractivity contribution is -0.118. The van der Waals surface area contributed by atoms with E-state index >= 15 is 0 Å². The molecule has 1 saturated carbocycles. The first kappa shape index (κ1) is 22.5. The van der Waals surface area contributed by atoms with E-state index in [1.54, 1.807) is 0 Å². The number of anilines is 3. The normalized spacial score (nSPS) is 26.8. The summed E-state index contributed by atoms with van der Waals surface area (Å²) in [5, 5.41) is 9.17. The molecular weight excluding hydrogens is 420 g/mol. The third-order valence-electron chi connectivity index (χ3n) is 6.55. The highest BCUT2D eigenvalue weighted by Crippen LogP contribution is 2.35. The third-order valence-corrected chi connectivity index (χ3v) is 6.55. The van der Waals surface area contributed by atoms with E-state index < -0.39 is 5.92 Å². The summed E-state index contributed by atoms with van der Waals surface area (Å²) in [6.45, 7) is 5.99. The maximum absolute atomic E-state index is 13.3. The van der Waals surface area contributed by atoms with Gasteiger partial charge in [0.2, 0.25) is 11.9 Å². The molecule has 1 aliphatic carbocycles. The highest BCUT2D eigenvalue weighted by Gasteiger charge is 2.38. The molecule has 9 nitrogen and oxygen atoms in total. The van der Waals surface area contributed by atoms with Crippen molar-refractivity contribution in [1.29, 1.82) is 0 Å². The standard InChI is InChI=1S/C21H31F2N7O2/c1-11(2)16-18(31)27-15-12(3)24-19(28-17(15)29(16)4)25-13-9-14(10-13)26-20(32)30-7-5-21(22,23)6-8-30/h11,13-14,16H,5-10H2,1-4H3,(H,26,32)(H,27,31)(H,24,25,28)/t13-,14+,16?. The van der Waals surface area contributed by atoms with Gasteiger partial charge in [0, 0.05) is 45.1 Å². The summed E-state index contributed by atoms with van der Waals surface area (Å²) in [5.74, 6) is -1.43. The Kier molecular flexibility index (Phi) is 5.85. The van der Waals surface area contributed by atoms with Crippen molar-refractivity contribution in [3.05, 3.63) is 5.69 Å². The van der Waals surface area contributed by atoms with Crippen LogP contribution in [-0.2, 0) is 4.79 Å². The van der Waals surface area contributed by atoms with E-state index in [-0.39, 0.29) is 61.9 Å². The molecule has 3 aliphatic rings. The maximum Gasteiger partial charge on any atom is 0.317 e. The van der Waals surface area contributed by atoms with E-state index in [0.29, 0.717) is 36.0 Å². The van der Waals surface area contributed by atoms with Crippen molar-refractivity contribution in [3.8, 4) is 0 Å². The van der Waals surface area contributed by atoms with E-state index in [9.17, 15) is 18.4 Å². The summed E-state index contributed by atoms with van der Waals surface area (Å²) < 4.78 is 26.6. The van der Waals surface area contributed by atoms with E-state index in [4.69, 9.17) is 0 Å². The largest absolute Gasteiger partial charge is 0.351 e.